The molecule has 0 amide bonds. The molecule has 0 atom stereocenters. The molecule has 76 valence electrons. The molecule has 1 aromatic rings. The molecule has 1 rings (SSSR count). The summed E-state index contributed by atoms with van der Waals surface area (Å²) in [7, 11) is 0. The van der Waals surface area contributed by atoms with Gasteiger partial charge in [-0.1, -0.05) is 26.0 Å². The molecular formula is C12H16O2. The predicted molar refractivity (Wildman–Crippen MR) is 56.5 cm³/mol. The summed E-state index contributed by atoms with van der Waals surface area (Å²) in [6.45, 7) is 4.82. The van der Waals surface area contributed by atoms with Gasteiger partial charge in [-0.2, -0.15) is 0 Å². The van der Waals surface area contributed by atoms with Crippen molar-refractivity contribution in [1.82, 2.24) is 0 Å². The molecule has 0 radical (unpaired) electrons. The van der Waals surface area contributed by atoms with Crippen molar-refractivity contribution in [3.8, 4) is 5.75 Å². The lowest BCUT2D eigenvalue weighted by Gasteiger charge is -2.12. The highest BCUT2D eigenvalue weighted by atomic mass is 16.5. The number of hydrogen-bond donors (Lipinski definition) is 0. The minimum atomic E-state index is 0.451. The molecule has 0 spiro atoms. The lowest BCUT2D eigenvalue weighted by molar-refractivity contribution is -0.120. The molecule has 0 aliphatic carbocycles. The zero-order chi connectivity index (χ0) is 10.4. The Kier molecular flexibility index (Phi) is 4.17. The van der Waals surface area contributed by atoms with Crippen molar-refractivity contribution >= 4 is 6.47 Å². The van der Waals surface area contributed by atoms with E-state index in [4.69, 9.17) is 4.74 Å². The topological polar surface area (TPSA) is 26.3 Å². The second-order valence-electron chi connectivity index (χ2n) is 3.30. The van der Waals surface area contributed by atoms with Crippen molar-refractivity contribution in [3.63, 3.8) is 0 Å². The van der Waals surface area contributed by atoms with E-state index in [9.17, 15) is 4.79 Å². The highest BCUT2D eigenvalue weighted by Crippen LogP contribution is 2.24. The van der Waals surface area contributed by atoms with Gasteiger partial charge in [0.15, 0.2) is 0 Å². The van der Waals surface area contributed by atoms with Crippen LogP contribution in [0.15, 0.2) is 24.3 Å². The summed E-state index contributed by atoms with van der Waals surface area (Å²) in [5.41, 5.74) is 1.31. The Balaban J connectivity index is 2.76. The third-order valence-corrected chi connectivity index (χ3v) is 2.52. The van der Waals surface area contributed by atoms with Crippen LogP contribution in [0.3, 0.4) is 0 Å². The number of ether oxygens (including phenoxy) is 1. The molecule has 0 saturated heterocycles. The normalized spacial score (nSPS) is 10.2. The summed E-state index contributed by atoms with van der Waals surface area (Å²) in [6, 6.07) is 7.72. The first-order valence-corrected chi connectivity index (χ1v) is 5.02. The van der Waals surface area contributed by atoms with Crippen molar-refractivity contribution < 1.29 is 9.53 Å². The molecule has 1 aromatic carbocycles. The van der Waals surface area contributed by atoms with Crippen LogP contribution in [-0.2, 0) is 4.79 Å². The number of rotatable bonds is 5. The third-order valence-electron chi connectivity index (χ3n) is 2.52. The van der Waals surface area contributed by atoms with Gasteiger partial charge in [0.2, 0.25) is 0 Å². The van der Waals surface area contributed by atoms with Gasteiger partial charge in [-0.3, -0.25) is 4.79 Å². The lowest BCUT2D eigenvalue weighted by Crippen LogP contribution is -1.95. The van der Waals surface area contributed by atoms with Gasteiger partial charge in [-0.15, -0.1) is 0 Å². The van der Waals surface area contributed by atoms with Crippen molar-refractivity contribution in [2.24, 2.45) is 0 Å². The van der Waals surface area contributed by atoms with E-state index in [1.54, 1.807) is 0 Å². The van der Waals surface area contributed by atoms with Gasteiger partial charge >= 0.3 is 0 Å². The van der Waals surface area contributed by atoms with E-state index in [0.29, 0.717) is 18.1 Å². The van der Waals surface area contributed by atoms with Gasteiger partial charge in [0.05, 0.1) is 0 Å². The Morgan fingerprint density at radius 3 is 2.21 bits per heavy atom. The standard InChI is InChI=1S/C12H16O2/c1-3-10(4-2)11-5-7-12(8-6-11)14-9-13/h5-10H,3-4H2,1-2H3. The minimum absolute atomic E-state index is 0.451. The van der Waals surface area contributed by atoms with E-state index in [1.807, 2.05) is 24.3 Å². The molecule has 2 nitrogen and oxygen atoms in total. The quantitative estimate of drug-likeness (QED) is 0.670. The Labute approximate surface area is 84.9 Å². The van der Waals surface area contributed by atoms with Crippen molar-refractivity contribution in [2.45, 2.75) is 32.6 Å². The van der Waals surface area contributed by atoms with E-state index in [-0.39, 0.29) is 0 Å². The number of hydrogen-bond acceptors (Lipinski definition) is 2. The van der Waals surface area contributed by atoms with E-state index >= 15 is 0 Å². The Morgan fingerprint density at radius 1 is 1.21 bits per heavy atom. The maximum atomic E-state index is 10.1. The summed E-state index contributed by atoms with van der Waals surface area (Å²) in [4.78, 5) is 10.1. The molecule has 0 unspecified atom stereocenters. The van der Waals surface area contributed by atoms with Crippen molar-refractivity contribution in [3.05, 3.63) is 29.8 Å². The van der Waals surface area contributed by atoms with Crippen LogP contribution >= 0.6 is 0 Å². The Morgan fingerprint density at radius 2 is 1.79 bits per heavy atom. The molecule has 0 heterocycles. The van der Waals surface area contributed by atoms with Crippen LogP contribution in [0.1, 0.15) is 38.2 Å². The molecular weight excluding hydrogens is 176 g/mol. The Bertz CT molecular complexity index is 273. The van der Waals surface area contributed by atoms with Crippen LogP contribution < -0.4 is 4.74 Å². The van der Waals surface area contributed by atoms with Crippen LogP contribution in [-0.4, -0.2) is 6.47 Å². The molecule has 0 N–H and O–H groups in total. The third kappa shape index (κ3) is 2.59. The number of benzene rings is 1. The van der Waals surface area contributed by atoms with Gasteiger partial charge in [-0.25, -0.2) is 0 Å². The predicted octanol–water partition coefficient (Wildman–Crippen LogP) is 3.13. The van der Waals surface area contributed by atoms with E-state index in [1.165, 1.54) is 5.56 Å². The smallest absolute Gasteiger partial charge is 0.298 e. The average molecular weight is 192 g/mol. The zero-order valence-electron chi connectivity index (χ0n) is 8.69. The molecule has 2 heteroatoms. The molecule has 0 aromatic heterocycles. The lowest BCUT2D eigenvalue weighted by atomic mass is 9.94. The molecule has 0 bridgehead atoms. The first-order chi connectivity index (χ1) is 6.81. The summed E-state index contributed by atoms with van der Waals surface area (Å²) >= 11 is 0. The van der Waals surface area contributed by atoms with Crippen molar-refractivity contribution in [2.75, 3.05) is 0 Å². The maximum Gasteiger partial charge on any atom is 0.298 e. The van der Waals surface area contributed by atoms with Gasteiger partial charge in [0, 0.05) is 0 Å². The highest BCUT2D eigenvalue weighted by Gasteiger charge is 2.06. The first-order valence-electron chi connectivity index (χ1n) is 5.02. The van der Waals surface area contributed by atoms with Gasteiger partial charge in [0.25, 0.3) is 6.47 Å². The average Bonchev–Trinajstić information content (AvgIpc) is 2.23. The molecule has 0 fully saturated rings. The monoisotopic (exact) mass is 192 g/mol. The minimum Gasteiger partial charge on any atom is -0.429 e. The van der Waals surface area contributed by atoms with Crippen LogP contribution in [0.25, 0.3) is 0 Å². The summed E-state index contributed by atoms with van der Waals surface area (Å²) < 4.78 is 4.73. The highest BCUT2D eigenvalue weighted by molar-refractivity contribution is 5.45. The zero-order valence-corrected chi connectivity index (χ0v) is 8.69. The largest absolute Gasteiger partial charge is 0.429 e. The summed E-state index contributed by atoms with van der Waals surface area (Å²) in [5.74, 6) is 1.22. The van der Waals surface area contributed by atoms with Crippen LogP contribution in [0.4, 0.5) is 0 Å². The van der Waals surface area contributed by atoms with E-state index < -0.39 is 0 Å². The van der Waals surface area contributed by atoms with Crippen LogP contribution in [0, 0.1) is 0 Å². The fourth-order valence-electron chi connectivity index (χ4n) is 1.63. The number of carbonyl (C=O) groups excluding carboxylic acids is 1. The summed E-state index contributed by atoms with van der Waals surface area (Å²) in [6.07, 6.45) is 2.29. The fraction of sp³-hybridized carbons (Fsp3) is 0.417. The van der Waals surface area contributed by atoms with Crippen molar-refractivity contribution in [1.29, 1.82) is 0 Å². The van der Waals surface area contributed by atoms with E-state index in [0.717, 1.165) is 12.8 Å². The molecule has 0 aliphatic heterocycles. The second kappa shape index (κ2) is 5.43. The van der Waals surface area contributed by atoms with Gasteiger partial charge in [-0.05, 0) is 36.5 Å². The summed E-state index contributed by atoms with van der Waals surface area (Å²) in [5, 5.41) is 0. The second-order valence-corrected chi connectivity index (χ2v) is 3.30. The molecule has 0 saturated carbocycles. The maximum absolute atomic E-state index is 10.1. The Hall–Kier alpha value is -1.31. The first kappa shape index (κ1) is 10.8. The van der Waals surface area contributed by atoms with E-state index in [2.05, 4.69) is 13.8 Å². The molecule has 14 heavy (non-hydrogen) atoms. The van der Waals surface area contributed by atoms with Gasteiger partial charge < -0.3 is 4.74 Å². The van der Waals surface area contributed by atoms with Crippen LogP contribution in [0.2, 0.25) is 0 Å². The van der Waals surface area contributed by atoms with Gasteiger partial charge in [0.1, 0.15) is 5.75 Å². The number of carbonyl (C=O) groups is 1. The van der Waals surface area contributed by atoms with Crippen LogP contribution in [0.5, 0.6) is 5.75 Å². The SMILES string of the molecule is CCC(CC)c1ccc(OC=O)cc1. The molecule has 0 aliphatic rings. The fourth-order valence-corrected chi connectivity index (χ4v) is 1.63.